The molecule has 0 radical (unpaired) electrons. The third kappa shape index (κ3) is 13.9. The zero-order chi connectivity index (χ0) is 43.7. The molecule has 316 valence electrons. The van der Waals surface area contributed by atoms with E-state index in [0.29, 0.717) is 53.5 Å². The van der Waals surface area contributed by atoms with E-state index < -0.39 is 36.4 Å². The minimum atomic E-state index is -5.77. The number of aryl methyl sites for hydroxylation is 2. The molecule has 2 aliphatic rings. The number of Topliss-reactive ketones (excluding diaryl/α,β-unsaturated/α-hetero) is 2. The Morgan fingerprint density at radius 3 is 2.12 bits per heavy atom. The lowest BCUT2D eigenvalue weighted by atomic mass is 9.93. The number of thiazole rings is 1. The number of carbonyl (C=O) groups is 5. The number of benzene rings is 1. The number of ketones is 2. The van der Waals surface area contributed by atoms with Gasteiger partial charge >= 0.3 is 30.1 Å². The van der Waals surface area contributed by atoms with Gasteiger partial charge in [-0.25, -0.2) is 9.97 Å². The lowest BCUT2D eigenvalue weighted by Gasteiger charge is -2.31. The number of aromatic nitrogens is 4. The smallest absolute Gasteiger partial charge is 0.375 e. The van der Waals surface area contributed by atoms with Crippen molar-refractivity contribution in [3.63, 3.8) is 0 Å². The summed E-state index contributed by atoms with van der Waals surface area (Å²) in [4.78, 5) is 72.8. The zero-order valence-electron chi connectivity index (χ0n) is 29.8. The molecule has 2 amide bonds. The molecule has 4 aromatic rings. The molecule has 0 spiro atoms. The number of piperidine rings is 1. The molecule has 6 bridgehead atoms. The zero-order valence-corrected chi connectivity index (χ0v) is 31.3. The lowest BCUT2D eigenvalue weighted by Crippen LogP contribution is -2.39. The minimum Gasteiger partial charge on any atom is -0.375 e. The first-order chi connectivity index (χ1) is 27.5. The summed E-state index contributed by atoms with van der Waals surface area (Å²) in [6, 6.07) is 7.81. The maximum Gasteiger partial charge on any atom is 0.458 e. The van der Waals surface area contributed by atoms with E-state index in [2.05, 4.69) is 35.9 Å². The van der Waals surface area contributed by atoms with E-state index in [1.807, 2.05) is 30.5 Å². The lowest BCUT2D eigenvalue weighted by molar-refractivity contribution is -0.193. The van der Waals surface area contributed by atoms with Crippen molar-refractivity contribution in [2.24, 2.45) is 5.92 Å². The van der Waals surface area contributed by atoms with Crippen LogP contribution < -0.4 is 21.7 Å². The molecule has 1 saturated heterocycles. The van der Waals surface area contributed by atoms with Crippen LogP contribution in [0.5, 0.6) is 0 Å². The molecule has 5 heterocycles. The Bertz CT molecular complexity index is 2150. The van der Waals surface area contributed by atoms with Gasteiger partial charge in [0.05, 0.1) is 18.1 Å². The molecule has 0 atom stereocenters. The highest BCUT2D eigenvalue weighted by Gasteiger charge is 2.54. The molecule has 0 saturated carbocycles. The fourth-order valence-corrected chi connectivity index (χ4v) is 6.04. The first kappa shape index (κ1) is 45.8. The number of hydrogen-bond acceptors (Lipinski definition) is 13. The highest BCUT2D eigenvalue weighted by molar-refractivity contribution is 7.13. The monoisotopic (exact) mass is 881 g/mol. The first-order valence-electron chi connectivity index (χ1n) is 16.7. The Kier molecular flexibility index (Phi) is 14.9. The third-order valence-corrected chi connectivity index (χ3v) is 9.04. The van der Waals surface area contributed by atoms with Gasteiger partial charge in [-0.15, -0.1) is 11.3 Å². The molecule has 6 rings (SSSR count). The number of nitrogen functional groups attached to an aromatic ring is 1. The second kappa shape index (κ2) is 19.2. The van der Waals surface area contributed by atoms with Crippen molar-refractivity contribution in [2.75, 3.05) is 34.8 Å². The van der Waals surface area contributed by atoms with Crippen LogP contribution in [0.15, 0.2) is 48.2 Å². The van der Waals surface area contributed by atoms with Gasteiger partial charge in [-0.1, -0.05) is 11.6 Å². The van der Waals surface area contributed by atoms with Crippen LogP contribution in [-0.4, -0.2) is 86.1 Å². The van der Waals surface area contributed by atoms with Gasteiger partial charge in [0.2, 0.25) is 18.1 Å². The van der Waals surface area contributed by atoms with Crippen LogP contribution in [0.1, 0.15) is 40.9 Å². The number of carbonyl (C=O) groups excluding carboxylic acids is 5. The van der Waals surface area contributed by atoms with Crippen LogP contribution in [0.25, 0.3) is 0 Å². The molecule has 5 N–H and O–H groups in total. The average molecular weight is 882 g/mol. The van der Waals surface area contributed by atoms with Crippen molar-refractivity contribution < 1.29 is 63.5 Å². The maximum absolute atomic E-state index is 13.1. The van der Waals surface area contributed by atoms with Gasteiger partial charge in [-0.05, 0) is 67.0 Å². The van der Waals surface area contributed by atoms with Crippen molar-refractivity contribution >= 4 is 86.6 Å². The third-order valence-electron chi connectivity index (χ3n) is 8.09. The van der Waals surface area contributed by atoms with E-state index in [0.717, 1.165) is 47.5 Å². The standard InChI is InChI=1S/C28H28ClN9O2S.C4F6O2.C2HF3O/c29-21-14-32-28-34-20-9-17(12-31-13-20)1-2-18-11-19(33-25(21)37-28)3-4-22(18)35-24(39)10-16-5-7-38(8-6-16)26(40)23-15-41-27(30)36-23;5-3(6,7)1(11)2(12)4(8,9)10;3-2(4,5)1-6/h3-4,9,11-16H,1-2,5-8,10H2,(H2,30,36)(H,35,39)(H2,32,33,34,37);;1H. The Balaban J connectivity index is 0.000000358. The molecule has 1 aromatic carbocycles. The summed E-state index contributed by atoms with van der Waals surface area (Å²) in [6.07, 6.45) is -8.83. The Morgan fingerprint density at radius 1 is 0.898 bits per heavy atom. The summed E-state index contributed by atoms with van der Waals surface area (Å²) < 4.78 is 98.2. The van der Waals surface area contributed by atoms with Crippen molar-refractivity contribution in [1.29, 1.82) is 0 Å². The fraction of sp³-hybridized carbons (Fsp3) is 0.324. The molecule has 25 heteroatoms. The van der Waals surface area contributed by atoms with E-state index in [1.165, 1.54) is 11.3 Å². The number of rotatable bonds is 5. The number of fused-ring (bicyclic) bond motifs is 6. The van der Waals surface area contributed by atoms with E-state index in [4.69, 9.17) is 22.1 Å². The molecule has 3 aromatic heterocycles. The number of alkyl halides is 9. The normalized spacial score (nSPS) is 14.2. The van der Waals surface area contributed by atoms with E-state index in [-0.39, 0.29) is 17.7 Å². The van der Waals surface area contributed by atoms with Crippen molar-refractivity contribution in [2.45, 2.75) is 50.6 Å². The van der Waals surface area contributed by atoms with E-state index in [9.17, 15) is 58.7 Å². The molecular formula is C34H29ClF9N9O5S. The molecule has 14 nitrogen and oxygen atoms in total. The number of halogens is 10. The Morgan fingerprint density at radius 2 is 1.54 bits per heavy atom. The van der Waals surface area contributed by atoms with Gasteiger partial charge in [-0.2, -0.15) is 44.5 Å². The largest absolute Gasteiger partial charge is 0.458 e. The van der Waals surface area contributed by atoms with Gasteiger partial charge < -0.3 is 26.6 Å². The molecular weight excluding hydrogens is 853 g/mol. The maximum atomic E-state index is 13.1. The first-order valence-corrected chi connectivity index (χ1v) is 18.0. The van der Waals surface area contributed by atoms with Crippen molar-refractivity contribution in [3.8, 4) is 0 Å². The number of pyridine rings is 1. The molecule has 2 aliphatic heterocycles. The highest BCUT2D eigenvalue weighted by atomic mass is 35.5. The van der Waals surface area contributed by atoms with E-state index >= 15 is 0 Å². The van der Waals surface area contributed by atoms with Gasteiger partial charge in [-0.3, -0.25) is 29.0 Å². The summed E-state index contributed by atoms with van der Waals surface area (Å²) in [5, 5.41) is 12.0. The second-order valence-corrected chi connectivity index (χ2v) is 13.8. The van der Waals surface area contributed by atoms with Crippen LogP contribution in [0, 0.1) is 5.92 Å². The number of likely N-dealkylation sites (tertiary alicyclic amines) is 1. The number of aldehydes is 1. The number of hydrogen-bond donors (Lipinski definition) is 4. The average Bonchev–Trinajstić information content (AvgIpc) is 3.61. The van der Waals surface area contributed by atoms with Crippen LogP contribution >= 0.6 is 22.9 Å². The fourth-order valence-electron chi connectivity index (χ4n) is 5.36. The van der Waals surface area contributed by atoms with E-state index in [1.54, 1.807) is 22.7 Å². The summed E-state index contributed by atoms with van der Waals surface area (Å²) in [6.45, 7) is 1.18. The summed E-state index contributed by atoms with van der Waals surface area (Å²) in [7, 11) is 0. The number of nitrogens with two attached hydrogens (primary N) is 1. The number of nitrogens with zero attached hydrogens (tertiary/aromatic N) is 5. The van der Waals surface area contributed by atoms with Gasteiger partial charge in [0.25, 0.3) is 5.91 Å². The SMILES string of the molecule is Nc1nc(C(=O)N2CCC(CC(=O)Nc3ccc4cc3CCc3cncc(c3)Nc3ncc(Cl)c(n3)N4)CC2)cs1.O=C(C(=O)C(F)(F)F)C(F)(F)F.O=CC(F)(F)F. The number of nitrogens with one attached hydrogen (secondary N) is 3. The Labute approximate surface area is 335 Å². The van der Waals surface area contributed by atoms with Crippen LogP contribution in [0.3, 0.4) is 0 Å². The topological polar surface area (TPSA) is 202 Å². The predicted molar refractivity (Wildman–Crippen MR) is 194 cm³/mol. The Hall–Kier alpha value is -5.91. The molecule has 59 heavy (non-hydrogen) atoms. The van der Waals surface area contributed by atoms with Gasteiger partial charge in [0.15, 0.2) is 10.9 Å². The summed E-state index contributed by atoms with van der Waals surface area (Å²) in [5.41, 5.74) is 10.4. The van der Waals surface area contributed by atoms with Crippen LogP contribution in [0.2, 0.25) is 5.02 Å². The summed E-state index contributed by atoms with van der Waals surface area (Å²) >= 11 is 7.63. The number of anilines is 6. The molecule has 0 unspecified atom stereocenters. The predicted octanol–water partition coefficient (Wildman–Crippen LogP) is 7.03. The van der Waals surface area contributed by atoms with Crippen LogP contribution in [0.4, 0.5) is 73.5 Å². The van der Waals surface area contributed by atoms with Crippen molar-refractivity contribution in [3.05, 3.63) is 70.1 Å². The summed E-state index contributed by atoms with van der Waals surface area (Å²) in [5.74, 6) is -5.89. The molecule has 1 fully saturated rings. The second-order valence-electron chi connectivity index (χ2n) is 12.5. The van der Waals surface area contributed by atoms with Crippen molar-refractivity contribution in [1.82, 2.24) is 24.8 Å². The minimum absolute atomic E-state index is 0.0433. The quantitative estimate of drug-likeness (QED) is 0.0908. The van der Waals surface area contributed by atoms with Gasteiger partial charge in [0.1, 0.15) is 10.7 Å². The number of amides is 2. The van der Waals surface area contributed by atoms with Crippen LogP contribution in [-0.2, 0) is 32.0 Å². The molecule has 0 aliphatic carbocycles. The van der Waals surface area contributed by atoms with Gasteiger partial charge in [0, 0.05) is 42.5 Å². The highest BCUT2D eigenvalue weighted by Crippen LogP contribution is 2.31.